The van der Waals surface area contributed by atoms with Gasteiger partial charge in [-0.3, -0.25) is 4.79 Å². The molecule has 0 unspecified atom stereocenters. The van der Waals surface area contributed by atoms with Gasteiger partial charge in [0.1, 0.15) is 5.82 Å². The molecule has 2 aromatic rings. The van der Waals surface area contributed by atoms with Crippen molar-refractivity contribution in [1.82, 2.24) is 10.2 Å². The molecule has 0 aromatic heterocycles. The molecule has 14 heteroatoms. The number of nitrogens with one attached hydrogen (secondary N) is 1. The van der Waals surface area contributed by atoms with Crippen molar-refractivity contribution in [2.24, 2.45) is 5.92 Å². The Morgan fingerprint density at radius 3 is 1.95 bits per heavy atom. The molecular formula is C30H35F7N2O5. The summed E-state index contributed by atoms with van der Waals surface area (Å²) in [5.41, 5.74) is 4.71. The molecule has 2 aliphatic rings. The summed E-state index contributed by atoms with van der Waals surface area (Å²) in [6.07, 6.45) is -3.27. The van der Waals surface area contributed by atoms with Crippen LogP contribution in [0.25, 0.3) is 0 Å². The molecule has 0 spiro atoms. The zero-order chi connectivity index (χ0) is 32.9. The molecule has 2 aromatic carbocycles. The fourth-order valence-corrected chi connectivity index (χ4v) is 4.87. The molecule has 0 aliphatic carbocycles. The molecule has 44 heavy (non-hydrogen) atoms. The minimum absolute atomic E-state index is 0.138. The number of carboxylic acid groups (broad SMARTS) is 2. The molecular weight excluding hydrogens is 601 g/mol. The zero-order valence-electron chi connectivity index (χ0n) is 23.8. The van der Waals surface area contributed by atoms with E-state index in [0.29, 0.717) is 12.3 Å². The molecule has 2 heterocycles. The van der Waals surface area contributed by atoms with Gasteiger partial charge in [0.25, 0.3) is 0 Å². The molecule has 3 N–H and O–H groups in total. The van der Waals surface area contributed by atoms with E-state index in [0.717, 1.165) is 82.4 Å². The highest BCUT2D eigenvalue weighted by Crippen LogP contribution is 2.23. The lowest BCUT2D eigenvalue weighted by atomic mass is 9.90. The molecule has 0 bridgehead atoms. The van der Waals surface area contributed by atoms with E-state index in [2.05, 4.69) is 22.3 Å². The van der Waals surface area contributed by atoms with Gasteiger partial charge in [0.05, 0.1) is 0 Å². The first-order chi connectivity index (χ1) is 20.6. The number of aliphatic carboxylic acids is 2. The molecule has 0 saturated carbocycles. The number of halogens is 7. The Morgan fingerprint density at radius 2 is 1.41 bits per heavy atom. The average molecular weight is 637 g/mol. The Kier molecular flexibility index (Phi) is 14.2. The fourth-order valence-electron chi connectivity index (χ4n) is 4.87. The van der Waals surface area contributed by atoms with Crippen molar-refractivity contribution in [3.8, 4) is 0 Å². The maximum atomic E-state index is 13.4. The summed E-state index contributed by atoms with van der Waals surface area (Å²) in [6.45, 7) is 5.19. The second kappa shape index (κ2) is 17.1. The van der Waals surface area contributed by atoms with Crippen molar-refractivity contribution in [1.29, 1.82) is 0 Å². The number of Topliss-reactive ketones (excluding diaryl/α,β-unsaturated/α-hetero) is 1. The zero-order valence-corrected chi connectivity index (χ0v) is 23.8. The third-order valence-electron chi connectivity index (χ3n) is 7.15. The fraction of sp³-hybridized carbons (Fsp3) is 0.500. The molecule has 7 nitrogen and oxygen atoms in total. The number of rotatable bonds is 7. The van der Waals surface area contributed by atoms with E-state index >= 15 is 0 Å². The summed E-state index contributed by atoms with van der Waals surface area (Å²) in [5, 5.41) is 17.7. The van der Waals surface area contributed by atoms with E-state index in [9.17, 15) is 35.5 Å². The van der Waals surface area contributed by atoms with Gasteiger partial charge < -0.3 is 20.4 Å². The van der Waals surface area contributed by atoms with Gasteiger partial charge in [0.15, 0.2) is 5.78 Å². The Bertz CT molecular complexity index is 1220. The maximum absolute atomic E-state index is 13.4. The van der Waals surface area contributed by atoms with E-state index in [-0.39, 0.29) is 11.6 Å². The van der Waals surface area contributed by atoms with Crippen molar-refractivity contribution in [2.45, 2.75) is 57.3 Å². The lowest BCUT2D eigenvalue weighted by molar-refractivity contribution is -0.193. The topological polar surface area (TPSA) is 107 Å². The van der Waals surface area contributed by atoms with Crippen LogP contribution in [-0.2, 0) is 28.9 Å². The molecule has 4 rings (SSSR count). The number of alkyl halides is 6. The predicted octanol–water partition coefficient (Wildman–Crippen LogP) is 5.70. The summed E-state index contributed by atoms with van der Waals surface area (Å²) in [4.78, 5) is 33.0. The van der Waals surface area contributed by atoms with Crippen molar-refractivity contribution in [3.63, 3.8) is 0 Å². The molecule has 2 aliphatic heterocycles. The van der Waals surface area contributed by atoms with Crippen LogP contribution in [0.3, 0.4) is 0 Å². The molecule has 1 fully saturated rings. The number of carbonyl (C=O) groups excluding carboxylic acids is 1. The van der Waals surface area contributed by atoms with Crippen LogP contribution in [0.2, 0.25) is 0 Å². The molecule has 1 saturated heterocycles. The minimum Gasteiger partial charge on any atom is -0.475 e. The number of carboxylic acids is 2. The van der Waals surface area contributed by atoms with Crippen molar-refractivity contribution in [2.75, 3.05) is 32.7 Å². The highest BCUT2D eigenvalue weighted by atomic mass is 19.4. The predicted molar refractivity (Wildman–Crippen MR) is 147 cm³/mol. The molecule has 244 valence electrons. The highest BCUT2D eigenvalue weighted by molar-refractivity contribution is 5.96. The number of nitrogens with zero attached hydrogens (tertiary/aromatic N) is 1. The van der Waals surface area contributed by atoms with E-state index in [4.69, 9.17) is 19.8 Å². The van der Waals surface area contributed by atoms with Gasteiger partial charge in [0, 0.05) is 12.0 Å². The van der Waals surface area contributed by atoms with Gasteiger partial charge in [-0.05, 0) is 112 Å². The minimum atomic E-state index is -5.08. The monoisotopic (exact) mass is 636 g/mol. The van der Waals surface area contributed by atoms with Gasteiger partial charge in [-0.15, -0.1) is 0 Å². The second-order valence-electron chi connectivity index (χ2n) is 10.5. The Morgan fingerprint density at radius 1 is 0.841 bits per heavy atom. The highest BCUT2D eigenvalue weighted by Gasteiger charge is 2.38. The molecule has 0 radical (unpaired) electrons. The first-order valence-corrected chi connectivity index (χ1v) is 14.0. The van der Waals surface area contributed by atoms with Crippen LogP contribution in [0, 0.1) is 11.7 Å². The number of hydrogen-bond donors (Lipinski definition) is 3. The van der Waals surface area contributed by atoms with Crippen LogP contribution in [0.4, 0.5) is 30.7 Å². The molecule has 0 amide bonds. The Labute approximate surface area is 250 Å². The van der Waals surface area contributed by atoms with E-state index in [1.165, 1.54) is 17.2 Å². The summed E-state index contributed by atoms with van der Waals surface area (Å²) < 4.78 is 76.8. The van der Waals surface area contributed by atoms with Crippen LogP contribution < -0.4 is 5.32 Å². The first kappa shape index (κ1) is 36.7. The van der Waals surface area contributed by atoms with Gasteiger partial charge >= 0.3 is 24.3 Å². The lowest BCUT2D eigenvalue weighted by Gasteiger charge is -2.32. The number of benzene rings is 2. The first-order valence-electron chi connectivity index (χ1n) is 14.0. The van der Waals surface area contributed by atoms with Crippen LogP contribution in [-0.4, -0.2) is 77.9 Å². The van der Waals surface area contributed by atoms with E-state index < -0.39 is 24.3 Å². The number of likely N-dealkylation sites (tertiary alicyclic amines) is 1. The van der Waals surface area contributed by atoms with Gasteiger partial charge in [0.2, 0.25) is 0 Å². The maximum Gasteiger partial charge on any atom is 0.490 e. The number of fused-ring (bicyclic) bond motifs is 1. The summed E-state index contributed by atoms with van der Waals surface area (Å²) >= 11 is 0. The summed E-state index contributed by atoms with van der Waals surface area (Å²) in [5.74, 6) is -4.74. The normalized spacial score (nSPS) is 15.9. The second-order valence-corrected chi connectivity index (χ2v) is 10.5. The standard InChI is InChI=1S/C26H33FN2O.2C2HF3O2/c27-25-4-1-3-21(18-25)17-20-10-15-29(16-11-20)14-2-5-26(30)24-7-6-22-8-12-28-13-9-23(22)19-24;2*3-2(4,5)1(6)7/h1,3-4,6-7,18-20,28H,2,5,8-17H2;2*(H,6,7). The Hall–Kier alpha value is -3.52. The van der Waals surface area contributed by atoms with Gasteiger partial charge in [-0.2, -0.15) is 26.3 Å². The average Bonchev–Trinajstić information content (AvgIpc) is 3.19. The van der Waals surface area contributed by atoms with Crippen LogP contribution in [0.5, 0.6) is 0 Å². The SMILES string of the molecule is O=C(CCCN1CCC(Cc2cccc(F)c2)CC1)c1ccc2c(c1)CCNCC2.O=C(O)C(F)(F)F.O=C(O)C(F)(F)F. The van der Waals surface area contributed by atoms with Gasteiger partial charge in [-0.25, -0.2) is 14.0 Å². The quantitative estimate of drug-likeness (QED) is 0.265. The van der Waals surface area contributed by atoms with Crippen molar-refractivity contribution < 1.29 is 55.3 Å². The smallest absolute Gasteiger partial charge is 0.475 e. The third kappa shape index (κ3) is 13.4. The van der Waals surface area contributed by atoms with E-state index in [1.807, 2.05) is 12.1 Å². The number of piperidine rings is 1. The van der Waals surface area contributed by atoms with Crippen molar-refractivity contribution in [3.05, 3.63) is 70.5 Å². The van der Waals surface area contributed by atoms with Crippen LogP contribution in [0.15, 0.2) is 42.5 Å². The van der Waals surface area contributed by atoms with Crippen molar-refractivity contribution >= 4 is 17.7 Å². The number of ketones is 1. The van der Waals surface area contributed by atoms with Crippen LogP contribution >= 0.6 is 0 Å². The Balaban J connectivity index is 0.000000402. The lowest BCUT2D eigenvalue weighted by Crippen LogP contribution is -2.35. The third-order valence-corrected chi connectivity index (χ3v) is 7.15. The summed E-state index contributed by atoms with van der Waals surface area (Å²) in [7, 11) is 0. The largest absolute Gasteiger partial charge is 0.490 e. The summed E-state index contributed by atoms with van der Waals surface area (Å²) in [6, 6.07) is 13.3. The number of hydrogen-bond acceptors (Lipinski definition) is 5. The molecule has 0 atom stereocenters. The number of carbonyl (C=O) groups is 3. The van der Waals surface area contributed by atoms with Gasteiger partial charge in [-0.1, -0.05) is 24.3 Å². The van der Waals surface area contributed by atoms with Crippen LogP contribution in [0.1, 0.15) is 52.7 Å². The van der Waals surface area contributed by atoms with E-state index in [1.54, 1.807) is 12.1 Å².